The van der Waals surface area contributed by atoms with Crippen molar-refractivity contribution in [2.45, 2.75) is 32.2 Å². The van der Waals surface area contributed by atoms with E-state index in [-0.39, 0.29) is 11.9 Å². The van der Waals surface area contributed by atoms with E-state index in [0.29, 0.717) is 24.0 Å². The third-order valence-corrected chi connectivity index (χ3v) is 4.92. The van der Waals surface area contributed by atoms with E-state index in [9.17, 15) is 4.79 Å². The van der Waals surface area contributed by atoms with Crippen LogP contribution in [-0.4, -0.2) is 47.1 Å². The molecule has 154 valence electrons. The minimum Gasteiger partial charge on any atom is -0.329 e. The third-order valence-electron chi connectivity index (χ3n) is 4.92. The van der Waals surface area contributed by atoms with Crippen molar-refractivity contribution in [3.8, 4) is 0 Å². The molecule has 3 aromatic rings. The lowest BCUT2D eigenvalue weighted by atomic mass is 10.0. The number of amides is 1. The summed E-state index contributed by atoms with van der Waals surface area (Å²) in [6.07, 6.45) is 14.7. The van der Waals surface area contributed by atoms with E-state index in [1.807, 2.05) is 31.1 Å². The van der Waals surface area contributed by atoms with Crippen LogP contribution in [0.15, 0.2) is 43.1 Å². The summed E-state index contributed by atoms with van der Waals surface area (Å²) in [6, 6.07) is 1.70. The highest BCUT2D eigenvalue weighted by atomic mass is 16.2. The van der Waals surface area contributed by atoms with Crippen LogP contribution in [0.1, 0.15) is 42.4 Å². The lowest BCUT2D eigenvalue weighted by Crippen LogP contribution is -2.38. The van der Waals surface area contributed by atoms with Crippen molar-refractivity contribution in [3.63, 3.8) is 0 Å². The van der Waals surface area contributed by atoms with E-state index in [0.717, 1.165) is 30.5 Å². The van der Waals surface area contributed by atoms with Gasteiger partial charge in [0.25, 0.3) is 0 Å². The molecule has 4 rings (SSSR count). The molecule has 1 fully saturated rings. The first-order chi connectivity index (χ1) is 14.6. The van der Waals surface area contributed by atoms with Crippen LogP contribution < -0.4 is 5.32 Å². The van der Waals surface area contributed by atoms with Crippen molar-refractivity contribution >= 4 is 23.6 Å². The van der Waals surface area contributed by atoms with Gasteiger partial charge in [0.1, 0.15) is 11.6 Å². The van der Waals surface area contributed by atoms with Gasteiger partial charge in [-0.05, 0) is 32.3 Å². The second-order valence-electron chi connectivity index (χ2n) is 7.29. The average molecular weight is 404 g/mol. The Balaban J connectivity index is 1.56. The van der Waals surface area contributed by atoms with Crippen LogP contribution >= 0.6 is 0 Å². The van der Waals surface area contributed by atoms with E-state index >= 15 is 0 Å². The number of anilines is 2. The van der Waals surface area contributed by atoms with Crippen molar-refractivity contribution in [3.05, 3.63) is 60.2 Å². The first kappa shape index (κ1) is 19.7. The van der Waals surface area contributed by atoms with Crippen LogP contribution in [0, 0.1) is 6.92 Å². The zero-order valence-corrected chi connectivity index (χ0v) is 17.1. The van der Waals surface area contributed by atoms with Crippen LogP contribution in [0.5, 0.6) is 0 Å². The van der Waals surface area contributed by atoms with E-state index in [2.05, 4.69) is 30.4 Å². The van der Waals surface area contributed by atoms with Gasteiger partial charge in [-0.1, -0.05) is 0 Å². The van der Waals surface area contributed by atoms with Crippen molar-refractivity contribution in [1.29, 1.82) is 0 Å². The zero-order valence-electron chi connectivity index (χ0n) is 17.1. The first-order valence-corrected chi connectivity index (χ1v) is 9.94. The van der Waals surface area contributed by atoms with Crippen molar-refractivity contribution in [2.24, 2.45) is 7.05 Å². The number of likely N-dealkylation sites (tertiary alicyclic amines) is 1. The molecule has 4 heterocycles. The number of nitrogens with zero attached hydrogens (tertiary/aromatic N) is 7. The molecule has 9 nitrogen and oxygen atoms in total. The maximum Gasteiger partial charge on any atom is 0.247 e. The monoisotopic (exact) mass is 404 g/mol. The van der Waals surface area contributed by atoms with E-state index < -0.39 is 0 Å². The molecule has 1 atom stereocenters. The number of piperidine rings is 1. The molecular weight excluding hydrogens is 380 g/mol. The van der Waals surface area contributed by atoms with Gasteiger partial charge in [0.15, 0.2) is 5.82 Å². The van der Waals surface area contributed by atoms with Gasteiger partial charge in [-0.25, -0.2) is 15.0 Å². The summed E-state index contributed by atoms with van der Waals surface area (Å²) in [5.41, 5.74) is 1.72. The fourth-order valence-electron chi connectivity index (χ4n) is 3.55. The number of aryl methyl sites for hydroxylation is 2. The van der Waals surface area contributed by atoms with Gasteiger partial charge in [-0.3, -0.25) is 14.5 Å². The van der Waals surface area contributed by atoms with Gasteiger partial charge in [-0.15, -0.1) is 0 Å². The number of aromatic nitrogens is 6. The van der Waals surface area contributed by atoms with Crippen molar-refractivity contribution in [2.75, 3.05) is 11.9 Å². The summed E-state index contributed by atoms with van der Waals surface area (Å²) in [5, 5.41) is 7.29. The Morgan fingerprint density at radius 3 is 2.87 bits per heavy atom. The van der Waals surface area contributed by atoms with Crippen LogP contribution in [0.3, 0.4) is 0 Å². The quantitative estimate of drug-likeness (QED) is 0.652. The summed E-state index contributed by atoms with van der Waals surface area (Å²) >= 11 is 0. The van der Waals surface area contributed by atoms with Gasteiger partial charge in [-0.2, -0.15) is 5.10 Å². The van der Waals surface area contributed by atoms with Gasteiger partial charge >= 0.3 is 0 Å². The molecule has 1 N–H and O–H groups in total. The summed E-state index contributed by atoms with van der Waals surface area (Å²) in [5.74, 6) is 1.85. The SMILES string of the molecule is Cc1cc(Nc2cnccn2)nc(C2CCCCN2C(=O)C=Cc2cnn(C)c2)n1. The minimum atomic E-state index is -0.160. The molecule has 0 bridgehead atoms. The van der Waals surface area contributed by atoms with E-state index in [1.165, 1.54) is 0 Å². The molecule has 0 saturated carbocycles. The van der Waals surface area contributed by atoms with E-state index in [1.54, 1.807) is 41.6 Å². The van der Waals surface area contributed by atoms with Gasteiger partial charge in [0.2, 0.25) is 5.91 Å². The Kier molecular flexibility index (Phi) is 5.78. The molecule has 9 heteroatoms. The molecule has 0 radical (unpaired) electrons. The Morgan fingerprint density at radius 1 is 1.20 bits per heavy atom. The highest BCUT2D eigenvalue weighted by molar-refractivity contribution is 5.92. The smallest absolute Gasteiger partial charge is 0.247 e. The van der Waals surface area contributed by atoms with Gasteiger partial charge in [0, 0.05) is 55.6 Å². The van der Waals surface area contributed by atoms with Crippen molar-refractivity contribution < 1.29 is 4.79 Å². The summed E-state index contributed by atoms with van der Waals surface area (Å²) < 4.78 is 1.71. The molecule has 1 saturated heterocycles. The highest BCUT2D eigenvalue weighted by Crippen LogP contribution is 2.30. The largest absolute Gasteiger partial charge is 0.329 e. The Labute approximate surface area is 174 Å². The highest BCUT2D eigenvalue weighted by Gasteiger charge is 2.29. The summed E-state index contributed by atoms with van der Waals surface area (Å²) in [6.45, 7) is 2.61. The van der Waals surface area contributed by atoms with Crippen LogP contribution in [0.2, 0.25) is 0 Å². The number of hydrogen-bond donors (Lipinski definition) is 1. The predicted octanol–water partition coefficient (Wildman–Crippen LogP) is 2.82. The Morgan fingerprint density at radius 2 is 2.10 bits per heavy atom. The molecule has 0 aliphatic carbocycles. The number of rotatable bonds is 5. The predicted molar refractivity (Wildman–Crippen MR) is 113 cm³/mol. The molecule has 0 spiro atoms. The average Bonchev–Trinajstić information content (AvgIpc) is 3.17. The second kappa shape index (κ2) is 8.81. The molecule has 1 unspecified atom stereocenters. The van der Waals surface area contributed by atoms with E-state index in [4.69, 9.17) is 0 Å². The fraction of sp³-hybridized carbons (Fsp3) is 0.333. The maximum absolute atomic E-state index is 12.9. The molecule has 1 aliphatic heterocycles. The van der Waals surface area contributed by atoms with Gasteiger partial charge < -0.3 is 10.2 Å². The number of nitrogens with one attached hydrogen (secondary N) is 1. The fourth-order valence-corrected chi connectivity index (χ4v) is 3.55. The van der Waals surface area contributed by atoms with Crippen LogP contribution in [0.4, 0.5) is 11.6 Å². The number of carbonyl (C=O) groups is 1. The van der Waals surface area contributed by atoms with Gasteiger partial charge in [0.05, 0.1) is 18.4 Å². The lowest BCUT2D eigenvalue weighted by molar-refractivity contribution is -0.129. The summed E-state index contributed by atoms with van der Waals surface area (Å²) in [4.78, 5) is 32.4. The molecular formula is C21H24N8O. The number of hydrogen-bond acceptors (Lipinski definition) is 7. The van der Waals surface area contributed by atoms with Crippen LogP contribution in [-0.2, 0) is 11.8 Å². The Hall–Kier alpha value is -3.62. The molecule has 3 aromatic heterocycles. The normalized spacial score (nSPS) is 16.7. The summed E-state index contributed by atoms with van der Waals surface area (Å²) in [7, 11) is 1.85. The lowest BCUT2D eigenvalue weighted by Gasteiger charge is -2.34. The standard InChI is InChI=1S/C21H24N8O/c1-15-11-18(26-19-13-22-8-9-23-19)27-21(25-15)17-5-3-4-10-29(17)20(30)7-6-16-12-24-28(2)14-16/h6-9,11-14,17H,3-5,10H2,1-2H3,(H,23,25,26,27). The number of carbonyl (C=O) groups excluding carboxylic acids is 1. The second-order valence-corrected chi connectivity index (χ2v) is 7.29. The van der Waals surface area contributed by atoms with Crippen molar-refractivity contribution in [1.82, 2.24) is 34.6 Å². The molecule has 1 aliphatic rings. The third kappa shape index (κ3) is 4.68. The topological polar surface area (TPSA) is 102 Å². The minimum absolute atomic E-state index is 0.0444. The molecule has 30 heavy (non-hydrogen) atoms. The molecule has 0 aromatic carbocycles. The zero-order chi connectivity index (χ0) is 20.9. The maximum atomic E-state index is 12.9. The van der Waals surface area contributed by atoms with Crippen LogP contribution in [0.25, 0.3) is 6.08 Å². The Bertz CT molecular complexity index is 1050. The molecule has 1 amide bonds. The first-order valence-electron chi connectivity index (χ1n) is 9.94.